The van der Waals surface area contributed by atoms with Crippen molar-refractivity contribution < 1.29 is 9.84 Å². The second-order valence-electron chi connectivity index (χ2n) is 6.18. The Morgan fingerprint density at radius 3 is 2.47 bits per heavy atom. The first-order valence-electron chi connectivity index (χ1n) is 7.71. The van der Waals surface area contributed by atoms with E-state index in [2.05, 4.69) is 6.92 Å². The van der Waals surface area contributed by atoms with Gasteiger partial charge in [0.1, 0.15) is 5.75 Å². The van der Waals surface area contributed by atoms with Crippen LogP contribution in [0.5, 0.6) is 5.75 Å². The number of ether oxygens (including phenoxy) is 1. The molecular weight excluding hydrogens is 236 g/mol. The monoisotopic (exact) mass is 260 g/mol. The van der Waals surface area contributed by atoms with Gasteiger partial charge < -0.3 is 9.84 Å². The van der Waals surface area contributed by atoms with Crippen molar-refractivity contribution in [2.75, 3.05) is 0 Å². The molecular formula is C17H24O2. The van der Waals surface area contributed by atoms with Gasteiger partial charge in [-0.25, -0.2) is 0 Å². The fourth-order valence-corrected chi connectivity index (χ4v) is 3.17. The highest BCUT2D eigenvalue weighted by atomic mass is 16.5. The number of hydrogen-bond donors (Lipinski definition) is 1. The minimum absolute atomic E-state index is 0.300. The Balaban J connectivity index is 1.61. The lowest BCUT2D eigenvalue weighted by Gasteiger charge is -2.19. The summed E-state index contributed by atoms with van der Waals surface area (Å²) in [5, 5.41) is 10.5. The molecule has 2 fully saturated rings. The van der Waals surface area contributed by atoms with Gasteiger partial charge in [0.25, 0.3) is 0 Å². The molecule has 1 N–H and O–H groups in total. The molecule has 3 rings (SSSR count). The largest absolute Gasteiger partial charge is 0.490 e. The molecule has 0 spiro atoms. The summed E-state index contributed by atoms with van der Waals surface area (Å²) in [7, 11) is 0. The fraction of sp³-hybridized carbons (Fsp3) is 0.647. The van der Waals surface area contributed by atoms with E-state index in [-0.39, 0.29) is 6.10 Å². The third-order valence-electron chi connectivity index (χ3n) is 4.65. The lowest BCUT2D eigenvalue weighted by Crippen LogP contribution is -2.09. The first-order valence-corrected chi connectivity index (χ1v) is 7.71. The van der Waals surface area contributed by atoms with Crippen molar-refractivity contribution in [3.63, 3.8) is 0 Å². The zero-order valence-electron chi connectivity index (χ0n) is 11.7. The molecule has 0 aliphatic heterocycles. The van der Waals surface area contributed by atoms with Gasteiger partial charge in [0.2, 0.25) is 0 Å². The lowest BCUT2D eigenvalue weighted by atomic mass is 9.93. The second-order valence-corrected chi connectivity index (χ2v) is 6.18. The summed E-state index contributed by atoms with van der Waals surface area (Å²) < 4.78 is 5.74. The van der Waals surface area contributed by atoms with Crippen LogP contribution in [-0.2, 0) is 0 Å². The van der Waals surface area contributed by atoms with Gasteiger partial charge in [-0.05, 0) is 55.2 Å². The third kappa shape index (κ3) is 3.11. The normalized spacial score (nSPS) is 28.3. The highest BCUT2D eigenvalue weighted by Crippen LogP contribution is 2.40. The van der Waals surface area contributed by atoms with Gasteiger partial charge >= 0.3 is 0 Å². The van der Waals surface area contributed by atoms with Gasteiger partial charge in [0, 0.05) is 0 Å². The van der Waals surface area contributed by atoms with Crippen LogP contribution in [-0.4, -0.2) is 11.2 Å². The maximum absolute atomic E-state index is 10.5. The van der Waals surface area contributed by atoms with E-state index < -0.39 is 0 Å². The maximum Gasteiger partial charge on any atom is 0.119 e. The van der Waals surface area contributed by atoms with E-state index >= 15 is 0 Å². The van der Waals surface area contributed by atoms with Crippen molar-refractivity contribution in [3.05, 3.63) is 29.8 Å². The van der Waals surface area contributed by atoms with Crippen LogP contribution in [0.2, 0.25) is 0 Å². The van der Waals surface area contributed by atoms with E-state index in [9.17, 15) is 5.11 Å². The number of benzene rings is 1. The molecule has 0 saturated heterocycles. The highest BCUT2D eigenvalue weighted by Gasteiger charge is 2.30. The average Bonchev–Trinajstić information content (AvgIpc) is 3.12. The minimum atomic E-state index is -0.300. The van der Waals surface area contributed by atoms with Crippen LogP contribution < -0.4 is 4.74 Å². The van der Waals surface area contributed by atoms with Crippen molar-refractivity contribution in [2.45, 2.75) is 57.7 Å². The summed E-state index contributed by atoms with van der Waals surface area (Å²) in [6.07, 6.45) is 7.38. The quantitative estimate of drug-likeness (QED) is 0.864. The van der Waals surface area contributed by atoms with E-state index in [1.54, 1.807) is 0 Å². The predicted octanol–water partition coefficient (Wildman–Crippen LogP) is 4.09. The molecule has 104 valence electrons. The first kappa shape index (κ1) is 13.0. The topological polar surface area (TPSA) is 29.5 Å². The van der Waals surface area contributed by atoms with Crippen molar-refractivity contribution in [3.8, 4) is 5.75 Å². The molecule has 0 amide bonds. The van der Waals surface area contributed by atoms with Crippen LogP contribution in [0.4, 0.5) is 0 Å². The van der Waals surface area contributed by atoms with Crippen LogP contribution in [0.1, 0.15) is 57.1 Å². The molecule has 1 aromatic rings. The predicted molar refractivity (Wildman–Crippen MR) is 76.2 cm³/mol. The first-order chi connectivity index (χ1) is 9.26. The lowest BCUT2D eigenvalue weighted by molar-refractivity contribution is 0.109. The standard InChI is InChI=1S/C17H24O2/c1-2-12-3-4-14(11-12)17(18)13-5-7-15(8-6-13)19-16-9-10-16/h5-8,12,14,16-18H,2-4,9-11H2,1H3. The van der Waals surface area contributed by atoms with Gasteiger partial charge in [-0.1, -0.05) is 31.9 Å². The van der Waals surface area contributed by atoms with Gasteiger partial charge in [-0.15, -0.1) is 0 Å². The number of hydrogen-bond acceptors (Lipinski definition) is 2. The molecule has 19 heavy (non-hydrogen) atoms. The molecule has 2 saturated carbocycles. The minimum Gasteiger partial charge on any atom is -0.490 e. The van der Waals surface area contributed by atoms with Crippen LogP contribution in [0, 0.1) is 11.8 Å². The van der Waals surface area contributed by atoms with E-state index in [4.69, 9.17) is 4.74 Å². The zero-order chi connectivity index (χ0) is 13.2. The Hall–Kier alpha value is -1.02. The summed E-state index contributed by atoms with van der Waals surface area (Å²) in [6.45, 7) is 2.25. The fourth-order valence-electron chi connectivity index (χ4n) is 3.17. The Labute approximate surface area is 115 Å². The Morgan fingerprint density at radius 1 is 1.16 bits per heavy atom. The van der Waals surface area contributed by atoms with Crippen LogP contribution >= 0.6 is 0 Å². The van der Waals surface area contributed by atoms with Gasteiger partial charge in [-0.2, -0.15) is 0 Å². The molecule has 0 aromatic heterocycles. The van der Waals surface area contributed by atoms with Gasteiger partial charge in [-0.3, -0.25) is 0 Å². The SMILES string of the molecule is CCC1CCC(C(O)c2ccc(OC3CC3)cc2)C1. The van der Waals surface area contributed by atoms with Gasteiger partial charge in [0.05, 0.1) is 12.2 Å². The zero-order valence-corrected chi connectivity index (χ0v) is 11.7. The number of aliphatic hydroxyl groups excluding tert-OH is 1. The molecule has 3 atom stereocenters. The molecule has 2 heteroatoms. The smallest absolute Gasteiger partial charge is 0.119 e. The Morgan fingerprint density at radius 2 is 1.89 bits per heavy atom. The summed E-state index contributed by atoms with van der Waals surface area (Å²) >= 11 is 0. The highest BCUT2D eigenvalue weighted by molar-refractivity contribution is 5.29. The van der Waals surface area contributed by atoms with E-state index in [1.165, 1.54) is 38.5 Å². The van der Waals surface area contributed by atoms with E-state index in [0.29, 0.717) is 12.0 Å². The maximum atomic E-state index is 10.5. The van der Waals surface area contributed by atoms with Crippen LogP contribution in [0.3, 0.4) is 0 Å². The summed E-state index contributed by atoms with van der Waals surface area (Å²) in [6, 6.07) is 8.07. The number of aliphatic hydroxyl groups is 1. The third-order valence-corrected chi connectivity index (χ3v) is 4.65. The van der Waals surface area contributed by atoms with Crippen molar-refractivity contribution in [1.29, 1.82) is 0 Å². The number of rotatable bonds is 5. The van der Waals surface area contributed by atoms with Crippen molar-refractivity contribution >= 4 is 0 Å². The average molecular weight is 260 g/mol. The van der Waals surface area contributed by atoms with E-state index in [0.717, 1.165) is 17.2 Å². The molecule has 2 aliphatic rings. The van der Waals surface area contributed by atoms with Crippen LogP contribution in [0.15, 0.2) is 24.3 Å². The molecule has 0 bridgehead atoms. The Kier molecular flexibility index (Phi) is 3.79. The Bertz CT molecular complexity index is 408. The molecule has 1 aromatic carbocycles. The summed E-state index contributed by atoms with van der Waals surface area (Å²) in [5.41, 5.74) is 1.05. The second kappa shape index (κ2) is 5.54. The summed E-state index contributed by atoms with van der Waals surface area (Å²) in [5.74, 6) is 2.20. The summed E-state index contributed by atoms with van der Waals surface area (Å²) in [4.78, 5) is 0. The van der Waals surface area contributed by atoms with E-state index in [1.807, 2.05) is 24.3 Å². The van der Waals surface area contributed by atoms with Crippen molar-refractivity contribution in [1.82, 2.24) is 0 Å². The molecule has 2 aliphatic carbocycles. The molecule has 0 radical (unpaired) electrons. The molecule has 0 heterocycles. The van der Waals surface area contributed by atoms with Crippen LogP contribution in [0.25, 0.3) is 0 Å². The molecule has 3 unspecified atom stereocenters. The van der Waals surface area contributed by atoms with Gasteiger partial charge in [0.15, 0.2) is 0 Å². The molecule has 2 nitrogen and oxygen atoms in total. The van der Waals surface area contributed by atoms with Crippen molar-refractivity contribution in [2.24, 2.45) is 11.8 Å².